The summed E-state index contributed by atoms with van der Waals surface area (Å²) in [7, 11) is 0. The van der Waals surface area contributed by atoms with Crippen LogP contribution in [0, 0.1) is 0 Å². The summed E-state index contributed by atoms with van der Waals surface area (Å²) in [4.78, 5) is 34.8. The zero-order chi connectivity index (χ0) is 17.2. The summed E-state index contributed by atoms with van der Waals surface area (Å²) in [6.07, 6.45) is -0.418. The van der Waals surface area contributed by atoms with Crippen molar-refractivity contribution in [2.75, 3.05) is 6.61 Å². The second-order valence-corrected chi connectivity index (χ2v) is 5.11. The summed E-state index contributed by atoms with van der Waals surface area (Å²) in [5.41, 5.74) is 0. The Kier molecular flexibility index (Phi) is 7.59. The van der Waals surface area contributed by atoms with Crippen molar-refractivity contribution < 1.29 is 23.9 Å². The maximum absolute atomic E-state index is 11.9. The van der Waals surface area contributed by atoms with Crippen molar-refractivity contribution in [1.29, 1.82) is 0 Å². The summed E-state index contributed by atoms with van der Waals surface area (Å²) < 4.78 is 10.4. The molecule has 0 fully saturated rings. The van der Waals surface area contributed by atoms with Gasteiger partial charge in [-0.3, -0.25) is 10.1 Å². The normalized spacial score (nSPS) is 11.5. The van der Waals surface area contributed by atoms with E-state index in [-0.39, 0.29) is 6.04 Å². The summed E-state index contributed by atoms with van der Waals surface area (Å²) in [6.45, 7) is 4.75. The molecule has 1 aromatic carbocycles. The molecule has 0 radical (unpaired) electrons. The van der Waals surface area contributed by atoms with Gasteiger partial charge < -0.3 is 14.8 Å². The first-order chi connectivity index (χ1) is 10.9. The third kappa shape index (κ3) is 7.30. The van der Waals surface area contributed by atoms with Crippen LogP contribution in [0.4, 0.5) is 4.79 Å². The molecule has 0 saturated carbocycles. The largest absolute Gasteiger partial charge is 0.479 e. The van der Waals surface area contributed by atoms with Crippen LogP contribution in [0.2, 0.25) is 0 Å². The van der Waals surface area contributed by atoms with Crippen LogP contribution >= 0.6 is 0 Å². The van der Waals surface area contributed by atoms with Gasteiger partial charge >= 0.3 is 12.0 Å². The molecule has 0 bridgehead atoms. The van der Waals surface area contributed by atoms with Crippen LogP contribution in [0.1, 0.15) is 27.2 Å². The zero-order valence-corrected chi connectivity index (χ0v) is 13.5. The molecule has 0 aliphatic carbocycles. The highest BCUT2D eigenvalue weighted by Gasteiger charge is 2.21. The molecule has 2 N–H and O–H groups in total. The number of carbonyl (C=O) groups is 3. The van der Waals surface area contributed by atoms with Gasteiger partial charge in [0.2, 0.25) is 0 Å². The molecule has 7 heteroatoms. The van der Waals surface area contributed by atoms with Crippen LogP contribution in [0.3, 0.4) is 0 Å². The minimum Gasteiger partial charge on any atom is -0.479 e. The highest BCUT2D eigenvalue weighted by molar-refractivity contribution is 5.95. The smallest absolute Gasteiger partial charge is 0.347 e. The Morgan fingerprint density at radius 1 is 1.13 bits per heavy atom. The number of imide groups is 1. The molecule has 0 aliphatic rings. The lowest BCUT2D eigenvalue weighted by atomic mass is 10.2. The minimum atomic E-state index is -0.810. The second-order valence-electron chi connectivity index (χ2n) is 5.11. The Balaban J connectivity index is 2.41. The van der Waals surface area contributed by atoms with Gasteiger partial charge in [-0.1, -0.05) is 25.1 Å². The van der Waals surface area contributed by atoms with Crippen LogP contribution in [0.15, 0.2) is 30.3 Å². The van der Waals surface area contributed by atoms with Crippen molar-refractivity contribution in [3.05, 3.63) is 30.3 Å². The van der Waals surface area contributed by atoms with E-state index in [9.17, 15) is 14.4 Å². The van der Waals surface area contributed by atoms with Crippen molar-refractivity contribution in [1.82, 2.24) is 10.6 Å². The Hall–Kier alpha value is -2.57. The monoisotopic (exact) mass is 322 g/mol. The number of benzene rings is 1. The maximum atomic E-state index is 11.9. The molecule has 1 atom stereocenters. The van der Waals surface area contributed by atoms with E-state index in [1.165, 1.54) is 0 Å². The first-order valence-electron chi connectivity index (χ1n) is 7.41. The Labute approximate surface area is 135 Å². The second kappa shape index (κ2) is 9.45. The fourth-order valence-electron chi connectivity index (χ4n) is 1.65. The third-order valence-electron chi connectivity index (χ3n) is 2.67. The standard InChI is InChI=1S/C16H22N2O5/c1-4-13(23-12-8-6-5-7-9-12)15(20)22-10-14(19)18-16(21)17-11(2)3/h5-9,11,13H,4,10H2,1-3H3,(H2,17,18,19,21)/t13-/m1/s1. The fraction of sp³-hybridized carbons (Fsp3) is 0.438. The zero-order valence-electron chi connectivity index (χ0n) is 13.5. The molecule has 7 nitrogen and oxygen atoms in total. The van der Waals surface area contributed by atoms with E-state index in [1.807, 2.05) is 6.07 Å². The highest BCUT2D eigenvalue weighted by atomic mass is 16.6. The minimum absolute atomic E-state index is 0.103. The summed E-state index contributed by atoms with van der Waals surface area (Å²) in [5.74, 6) is -0.820. The molecule has 0 aromatic heterocycles. The topological polar surface area (TPSA) is 93.7 Å². The fourth-order valence-corrected chi connectivity index (χ4v) is 1.65. The number of para-hydroxylation sites is 1. The molecule has 1 rings (SSSR count). The van der Waals surface area contributed by atoms with E-state index in [1.54, 1.807) is 45.0 Å². The molecule has 23 heavy (non-hydrogen) atoms. The number of urea groups is 1. The highest BCUT2D eigenvalue weighted by Crippen LogP contribution is 2.13. The molecular formula is C16H22N2O5. The molecular weight excluding hydrogens is 300 g/mol. The lowest BCUT2D eigenvalue weighted by Gasteiger charge is -2.16. The summed E-state index contributed by atoms with van der Waals surface area (Å²) in [5, 5.41) is 4.56. The number of hydrogen-bond acceptors (Lipinski definition) is 5. The number of ether oxygens (including phenoxy) is 2. The van der Waals surface area contributed by atoms with Gasteiger partial charge in [0.05, 0.1) is 0 Å². The van der Waals surface area contributed by atoms with Crippen LogP contribution in [-0.4, -0.2) is 36.7 Å². The lowest BCUT2D eigenvalue weighted by molar-refractivity contribution is -0.155. The van der Waals surface area contributed by atoms with Gasteiger partial charge in [-0.15, -0.1) is 0 Å². The lowest BCUT2D eigenvalue weighted by Crippen LogP contribution is -2.44. The number of hydrogen-bond donors (Lipinski definition) is 2. The average molecular weight is 322 g/mol. The molecule has 0 aliphatic heterocycles. The molecule has 0 unspecified atom stereocenters. The van der Waals surface area contributed by atoms with Crippen molar-refractivity contribution in [3.63, 3.8) is 0 Å². The van der Waals surface area contributed by atoms with Gasteiger partial charge in [0, 0.05) is 6.04 Å². The van der Waals surface area contributed by atoms with Gasteiger partial charge in [-0.05, 0) is 32.4 Å². The van der Waals surface area contributed by atoms with Gasteiger partial charge in [0.15, 0.2) is 12.7 Å². The predicted molar refractivity (Wildman–Crippen MR) is 83.9 cm³/mol. The quantitative estimate of drug-likeness (QED) is 0.744. The summed E-state index contributed by atoms with van der Waals surface area (Å²) in [6, 6.07) is 8.11. The van der Waals surface area contributed by atoms with Crippen molar-refractivity contribution >= 4 is 17.9 Å². The number of rotatable bonds is 7. The maximum Gasteiger partial charge on any atom is 0.347 e. The van der Waals surface area contributed by atoms with E-state index < -0.39 is 30.6 Å². The van der Waals surface area contributed by atoms with Gasteiger partial charge in [-0.25, -0.2) is 9.59 Å². The van der Waals surface area contributed by atoms with Gasteiger partial charge in [0.1, 0.15) is 5.75 Å². The Bertz CT molecular complexity index is 531. The van der Waals surface area contributed by atoms with Gasteiger partial charge in [0.25, 0.3) is 5.91 Å². The van der Waals surface area contributed by atoms with E-state index in [0.717, 1.165) is 0 Å². The molecule has 0 saturated heterocycles. The van der Waals surface area contributed by atoms with E-state index >= 15 is 0 Å². The van der Waals surface area contributed by atoms with Crippen molar-refractivity contribution in [2.45, 2.75) is 39.3 Å². The molecule has 3 amide bonds. The number of amides is 3. The van der Waals surface area contributed by atoms with Crippen LogP contribution in [0.25, 0.3) is 0 Å². The molecule has 0 heterocycles. The molecule has 0 spiro atoms. The van der Waals surface area contributed by atoms with Crippen LogP contribution in [0.5, 0.6) is 5.75 Å². The number of esters is 1. The molecule has 126 valence electrons. The van der Waals surface area contributed by atoms with E-state index in [0.29, 0.717) is 12.2 Å². The SMILES string of the molecule is CC[C@@H](Oc1ccccc1)C(=O)OCC(=O)NC(=O)NC(C)C. The van der Waals surface area contributed by atoms with Crippen LogP contribution in [-0.2, 0) is 14.3 Å². The molecule has 1 aromatic rings. The number of carbonyl (C=O) groups excluding carboxylic acids is 3. The Morgan fingerprint density at radius 3 is 2.35 bits per heavy atom. The van der Waals surface area contributed by atoms with Crippen molar-refractivity contribution in [2.24, 2.45) is 0 Å². The van der Waals surface area contributed by atoms with Gasteiger partial charge in [-0.2, -0.15) is 0 Å². The predicted octanol–water partition coefficient (Wildman–Crippen LogP) is 1.62. The average Bonchev–Trinajstić information content (AvgIpc) is 2.50. The van der Waals surface area contributed by atoms with Crippen molar-refractivity contribution in [3.8, 4) is 5.75 Å². The Morgan fingerprint density at radius 2 is 1.78 bits per heavy atom. The third-order valence-corrected chi connectivity index (χ3v) is 2.67. The van der Waals surface area contributed by atoms with Crippen LogP contribution < -0.4 is 15.4 Å². The summed E-state index contributed by atoms with van der Waals surface area (Å²) >= 11 is 0. The first-order valence-corrected chi connectivity index (χ1v) is 7.41. The first kappa shape index (κ1) is 18.5. The number of nitrogens with one attached hydrogen (secondary N) is 2. The van der Waals surface area contributed by atoms with E-state index in [2.05, 4.69) is 10.6 Å². The van der Waals surface area contributed by atoms with E-state index in [4.69, 9.17) is 9.47 Å².